The number of imidazole rings is 1. The molecule has 1 aromatic carbocycles. The highest BCUT2D eigenvalue weighted by molar-refractivity contribution is 5.77. The monoisotopic (exact) mass is 273 g/mol. The van der Waals surface area contributed by atoms with Crippen LogP contribution in [-0.2, 0) is 17.8 Å². The van der Waals surface area contributed by atoms with Crippen LogP contribution in [0, 0.1) is 0 Å². The Bertz CT molecular complexity index is 605. The smallest absolute Gasteiger partial charge is 0.139 e. The highest BCUT2D eigenvalue weighted by atomic mass is 16.5. The third kappa shape index (κ3) is 2.34. The van der Waals surface area contributed by atoms with Crippen molar-refractivity contribution in [2.45, 2.75) is 58.4 Å². The summed E-state index contributed by atoms with van der Waals surface area (Å²) in [6, 6.07) is 6.34. The van der Waals surface area contributed by atoms with Crippen LogP contribution in [0.2, 0.25) is 0 Å². The molecule has 4 nitrogen and oxygen atoms in total. The van der Waals surface area contributed by atoms with Crippen molar-refractivity contribution in [3.05, 3.63) is 29.6 Å². The molecular formula is C16H23N3O. The summed E-state index contributed by atoms with van der Waals surface area (Å²) in [7, 11) is 0. The first kappa shape index (κ1) is 13.6. The van der Waals surface area contributed by atoms with Crippen LogP contribution in [0.1, 0.15) is 50.6 Å². The van der Waals surface area contributed by atoms with Gasteiger partial charge in [-0.1, -0.05) is 13.0 Å². The number of hydrogen-bond donors (Lipinski definition) is 1. The van der Waals surface area contributed by atoms with Gasteiger partial charge in [0.15, 0.2) is 0 Å². The number of aryl methyl sites for hydroxylation is 1. The minimum atomic E-state index is 0.144. The molecule has 108 valence electrons. The van der Waals surface area contributed by atoms with Gasteiger partial charge >= 0.3 is 0 Å². The van der Waals surface area contributed by atoms with Crippen molar-refractivity contribution in [2.24, 2.45) is 5.73 Å². The Kier molecular flexibility index (Phi) is 3.76. The summed E-state index contributed by atoms with van der Waals surface area (Å²) < 4.78 is 8.33. The van der Waals surface area contributed by atoms with Crippen molar-refractivity contribution in [3.63, 3.8) is 0 Å². The fourth-order valence-electron chi connectivity index (χ4n) is 3.02. The molecule has 20 heavy (non-hydrogen) atoms. The normalized spacial score (nSPS) is 22.8. The zero-order chi connectivity index (χ0) is 14.1. The number of nitrogens with zero attached hydrogens (tertiary/aromatic N) is 2. The minimum Gasteiger partial charge on any atom is -0.367 e. The fraction of sp³-hybridized carbons (Fsp3) is 0.562. The second-order valence-electron chi connectivity index (χ2n) is 5.66. The molecule has 1 aliphatic rings. The number of rotatable bonds is 4. The van der Waals surface area contributed by atoms with E-state index in [1.165, 1.54) is 5.52 Å². The first-order valence-corrected chi connectivity index (χ1v) is 7.57. The Labute approximate surface area is 119 Å². The fourth-order valence-corrected chi connectivity index (χ4v) is 3.02. The SMILES string of the molecule is CCCn1c(C2CCC(C)O2)nc2cc(CN)ccc21. The van der Waals surface area contributed by atoms with Gasteiger partial charge in [-0.2, -0.15) is 0 Å². The van der Waals surface area contributed by atoms with Crippen LogP contribution in [0.3, 0.4) is 0 Å². The third-order valence-electron chi connectivity index (χ3n) is 4.05. The molecule has 1 aliphatic heterocycles. The van der Waals surface area contributed by atoms with E-state index in [1.54, 1.807) is 0 Å². The maximum Gasteiger partial charge on any atom is 0.139 e. The summed E-state index contributed by atoms with van der Waals surface area (Å²) in [5.41, 5.74) is 9.09. The van der Waals surface area contributed by atoms with Crippen LogP contribution in [0.5, 0.6) is 0 Å². The highest BCUT2D eigenvalue weighted by Crippen LogP contribution is 2.34. The van der Waals surface area contributed by atoms with E-state index < -0.39 is 0 Å². The molecule has 2 heterocycles. The molecule has 0 radical (unpaired) electrons. The summed E-state index contributed by atoms with van der Waals surface area (Å²) >= 11 is 0. The topological polar surface area (TPSA) is 53.1 Å². The lowest BCUT2D eigenvalue weighted by Gasteiger charge is -2.13. The minimum absolute atomic E-state index is 0.144. The first-order valence-electron chi connectivity index (χ1n) is 7.57. The molecule has 1 saturated heterocycles. The van der Waals surface area contributed by atoms with Gasteiger partial charge in [-0.25, -0.2) is 4.98 Å². The zero-order valence-corrected chi connectivity index (χ0v) is 12.3. The molecule has 0 aliphatic carbocycles. The van der Waals surface area contributed by atoms with E-state index in [0.29, 0.717) is 12.6 Å². The van der Waals surface area contributed by atoms with Gasteiger partial charge in [-0.15, -0.1) is 0 Å². The molecule has 4 heteroatoms. The lowest BCUT2D eigenvalue weighted by atomic mass is 10.2. The van der Waals surface area contributed by atoms with Crippen molar-refractivity contribution in [1.82, 2.24) is 9.55 Å². The van der Waals surface area contributed by atoms with Crippen molar-refractivity contribution in [3.8, 4) is 0 Å². The van der Waals surface area contributed by atoms with E-state index in [-0.39, 0.29) is 6.10 Å². The van der Waals surface area contributed by atoms with E-state index in [1.807, 2.05) is 0 Å². The van der Waals surface area contributed by atoms with E-state index >= 15 is 0 Å². The van der Waals surface area contributed by atoms with Gasteiger partial charge in [0.1, 0.15) is 11.9 Å². The standard InChI is InChI=1S/C16H23N3O/c1-3-8-19-14-6-5-12(10-17)9-13(14)18-16(19)15-7-4-11(2)20-15/h5-6,9,11,15H,3-4,7-8,10,17H2,1-2H3. The third-order valence-corrected chi connectivity index (χ3v) is 4.05. The second-order valence-corrected chi connectivity index (χ2v) is 5.66. The van der Waals surface area contributed by atoms with Gasteiger partial charge in [0.2, 0.25) is 0 Å². The number of hydrogen-bond acceptors (Lipinski definition) is 3. The molecule has 0 saturated carbocycles. The van der Waals surface area contributed by atoms with Gasteiger partial charge in [0, 0.05) is 13.1 Å². The quantitative estimate of drug-likeness (QED) is 0.931. The van der Waals surface area contributed by atoms with Crippen molar-refractivity contribution < 1.29 is 4.74 Å². The largest absolute Gasteiger partial charge is 0.367 e. The first-order chi connectivity index (χ1) is 9.72. The molecule has 2 unspecified atom stereocenters. The number of fused-ring (bicyclic) bond motifs is 1. The molecule has 1 fully saturated rings. The van der Waals surface area contributed by atoms with E-state index in [9.17, 15) is 0 Å². The molecular weight excluding hydrogens is 250 g/mol. The van der Waals surface area contributed by atoms with Gasteiger partial charge in [-0.05, 0) is 43.9 Å². The van der Waals surface area contributed by atoms with Gasteiger partial charge < -0.3 is 15.0 Å². The summed E-state index contributed by atoms with van der Waals surface area (Å²) in [5, 5.41) is 0. The van der Waals surface area contributed by atoms with Crippen LogP contribution in [-0.4, -0.2) is 15.7 Å². The Morgan fingerprint density at radius 1 is 1.40 bits per heavy atom. The lowest BCUT2D eigenvalue weighted by molar-refractivity contribution is 0.0484. The van der Waals surface area contributed by atoms with Gasteiger partial charge in [-0.3, -0.25) is 0 Å². The van der Waals surface area contributed by atoms with Crippen LogP contribution < -0.4 is 5.73 Å². The summed E-state index contributed by atoms with van der Waals surface area (Å²) in [5.74, 6) is 1.08. The number of aromatic nitrogens is 2. The molecule has 0 amide bonds. The summed E-state index contributed by atoms with van der Waals surface area (Å²) in [6.45, 7) is 5.88. The molecule has 2 N–H and O–H groups in total. The Morgan fingerprint density at radius 2 is 2.25 bits per heavy atom. The van der Waals surface area contributed by atoms with Gasteiger partial charge in [0.05, 0.1) is 17.1 Å². The van der Waals surface area contributed by atoms with Crippen molar-refractivity contribution in [1.29, 1.82) is 0 Å². The number of nitrogens with two attached hydrogens (primary N) is 1. The Hall–Kier alpha value is -1.39. The molecule has 3 rings (SSSR count). The predicted molar refractivity (Wildman–Crippen MR) is 80.4 cm³/mol. The number of ether oxygens (including phenoxy) is 1. The van der Waals surface area contributed by atoms with Crippen LogP contribution in [0.25, 0.3) is 11.0 Å². The van der Waals surface area contributed by atoms with Crippen LogP contribution >= 0.6 is 0 Å². The average molecular weight is 273 g/mol. The lowest BCUT2D eigenvalue weighted by Crippen LogP contribution is -2.09. The predicted octanol–water partition coefficient (Wildman–Crippen LogP) is 3.15. The van der Waals surface area contributed by atoms with Crippen LogP contribution in [0.4, 0.5) is 0 Å². The van der Waals surface area contributed by atoms with E-state index in [4.69, 9.17) is 15.5 Å². The molecule has 2 atom stereocenters. The average Bonchev–Trinajstić information content (AvgIpc) is 3.03. The molecule has 1 aromatic heterocycles. The zero-order valence-electron chi connectivity index (χ0n) is 12.3. The summed E-state index contributed by atoms with van der Waals surface area (Å²) in [6.07, 6.45) is 3.77. The van der Waals surface area contributed by atoms with Crippen molar-refractivity contribution >= 4 is 11.0 Å². The van der Waals surface area contributed by atoms with E-state index in [0.717, 1.165) is 42.7 Å². The Morgan fingerprint density at radius 3 is 2.90 bits per heavy atom. The second kappa shape index (κ2) is 5.54. The Balaban J connectivity index is 2.07. The molecule has 0 bridgehead atoms. The molecule has 0 spiro atoms. The van der Waals surface area contributed by atoms with Crippen LogP contribution in [0.15, 0.2) is 18.2 Å². The maximum absolute atomic E-state index is 6.01. The van der Waals surface area contributed by atoms with E-state index in [2.05, 4.69) is 36.6 Å². The number of benzene rings is 1. The van der Waals surface area contributed by atoms with Gasteiger partial charge in [0.25, 0.3) is 0 Å². The highest BCUT2D eigenvalue weighted by Gasteiger charge is 2.28. The maximum atomic E-state index is 6.01. The summed E-state index contributed by atoms with van der Waals surface area (Å²) in [4.78, 5) is 4.84. The molecule has 2 aromatic rings. The van der Waals surface area contributed by atoms with Crippen molar-refractivity contribution in [2.75, 3.05) is 0 Å².